The number of hydrogen-bond donors (Lipinski definition) is 1. The van der Waals surface area contributed by atoms with Crippen LogP contribution in [-0.4, -0.2) is 35.2 Å². The van der Waals surface area contributed by atoms with Gasteiger partial charge >= 0.3 is 0 Å². The third-order valence-electron chi connectivity index (χ3n) is 5.04. The number of anilines is 1. The van der Waals surface area contributed by atoms with Crippen molar-refractivity contribution in [2.24, 2.45) is 0 Å². The van der Waals surface area contributed by atoms with Gasteiger partial charge in [-0.2, -0.15) is 5.10 Å². The predicted molar refractivity (Wildman–Crippen MR) is 115 cm³/mol. The van der Waals surface area contributed by atoms with Gasteiger partial charge in [0, 0.05) is 11.1 Å². The second-order valence-corrected chi connectivity index (χ2v) is 8.28. The Labute approximate surface area is 174 Å². The summed E-state index contributed by atoms with van der Waals surface area (Å²) in [7, 11) is 3.26. The molecule has 0 unspecified atom stereocenters. The van der Waals surface area contributed by atoms with E-state index in [1.54, 1.807) is 30.7 Å². The largest absolute Gasteiger partial charge is 0.493 e. The molecule has 0 saturated heterocycles. The van der Waals surface area contributed by atoms with E-state index in [4.69, 9.17) is 14.6 Å². The number of rotatable bonds is 4. The topological polar surface area (TPSA) is 65.4 Å². The zero-order chi connectivity index (χ0) is 20.5. The Morgan fingerprint density at radius 3 is 2.52 bits per heavy atom. The highest BCUT2D eigenvalue weighted by atomic mass is 32.2. The second-order valence-electron chi connectivity index (χ2n) is 6.83. The number of methoxy groups -OCH3 is 2. The first-order chi connectivity index (χ1) is 14.0. The van der Waals surface area contributed by atoms with E-state index in [0.29, 0.717) is 17.3 Å². The third-order valence-corrected chi connectivity index (χ3v) is 6.42. The molecular formula is C22H23N3O3S. The van der Waals surface area contributed by atoms with Crippen molar-refractivity contribution in [3.05, 3.63) is 65.4 Å². The lowest BCUT2D eigenvalue weighted by Gasteiger charge is -2.21. The smallest absolute Gasteiger partial charge is 0.238 e. The number of amides is 1. The molecule has 1 N–H and O–H groups in total. The van der Waals surface area contributed by atoms with Gasteiger partial charge in [0.2, 0.25) is 5.91 Å². The summed E-state index contributed by atoms with van der Waals surface area (Å²) >= 11 is 1.58. The van der Waals surface area contributed by atoms with E-state index in [2.05, 4.69) is 5.32 Å². The van der Waals surface area contributed by atoms with Crippen molar-refractivity contribution in [1.29, 1.82) is 0 Å². The molecule has 29 heavy (non-hydrogen) atoms. The summed E-state index contributed by atoms with van der Waals surface area (Å²) in [5.74, 6) is 1.99. The highest BCUT2D eigenvalue weighted by molar-refractivity contribution is 8.01. The molecule has 6 nitrogen and oxygen atoms in total. The summed E-state index contributed by atoms with van der Waals surface area (Å²) in [5, 5.41) is 7.47. The molecule has 0 spiro atoms. The monoisotopic (exact) mass is 409 g/mol. The maximum absolute atomic E-state index is 12.8. The average Bonchev–Trinajstić information content (AvgIpc) is 3.00. The first-order valence-corrected chi connectivity index (χ1v) is 10.3. The number of aromatic nitrogens is 2. The molecule has 0 fully saturated rings. The van der Waals surface area contributed by atoms with Gasteiger partial charge in [-0.3, -0.25) is 4.79 Å². The van der Waals surface area contributed by atoms with Crippen molar-refractivity contribution >= 4 is 23.5 Å². The zero-order valence-corrected chi connectivity index (χ0v) is 17.6. The van der Waals surface area contributed by atoms with Crippen LogP contribution in [-0.2, 0) is 4.79 Å². The fraction of sp³-hybridized carbons (Fsp3) is 0.273. The Morgan fingerprint density at radius 1 is 1.07 bits per heavy atom. The van der Waals surface area contributed by atoms with Crippen molar-refractivity contribution in [1.82, 2.24) is 9.78 Å². The molecule has 1 aliphatic heterocycles. The van der Waals surface area contributed by atoms with Crippen LogP contribution in [0.15, 0.2) is 48.5 Å². The number of thioether (sulfide) groups is 1. The number of hydrogen-bond acceptors (Lipinski definition) is 5. The fourth-order valence-corrected chi connectivity index (χ4v) is 4.97. The maximum atomic E-state index is 12.8. The van der Waals surface area contributed by atoms with Gasteiger partial charge in [-0.1, -0.05) is 30.3 Å². The fourth-order valence-electron chi connectivity index (χ4n) is 3.63. The van der Waals surface area contributed by atoms with Gasteiger partial charge in [-0.15, -0.1) is 11.8 Å². The van der Waals surface area contributed by atoms with Crippen molar-refractivity contribution in [3.63, 3.8) is 0 Å². The van der Waals surface area contributed by atoms with Crippen LogP contribution in [0.1, 0.15) is 29.0 Å². The van der Waals surface area contributed by atoms with E-state index in [1.165, 1.54) is 0 Å². The van der Waals surface area contributed by atoms with Crippen LogP contribution in [0.4, 0.5) is 5.82 Å². The van der Waals surface area contributed by atoms with Crippen LogP contribution >= 0.6 is 11.8 Å². The number of ether oxygens (including phenoxy) is 2. The Kier molecular flexibility index (Phi) is 5.24. The quantitative estimate of drug-likeness (QED) is 0.694. The Balaban J connectivity index is 1.95. The molecule has 0 bridgehead atoms. The van der Waals surface area contributed by atoms with E-state index in [-0.39, 0.29) is 16.4 Å². The van der Waals surface area contributed by atoms with E-state index in [1.807, 2.05) is 62.4 Å². The van der Waals surface area contributed by atoms with Crippen LogP contribution in [0.3, 0.4) is 0 Å². The minimum Gasteiger partial charge on any atom is -0.493 e. The number of nitrogens with zero attached hydrogens (tertiary/aromatic N) is 2. The molecule has 1 amide bonds. The van der Waals surface area contributed by atoms with Crippen LogP contribution < -0.4 is 14.8 Å². The summed E-state index contributed by atoms with van der Waals surface area (Å²) in [6.45, 7) is 3.89. The summed E-state index contributed by atoms with van der Waals surface area (Å²) in [6, 6.07) is 15.7. The lowest BCUT2D eigenvalue weighted by molar-refractivity contribution is -0.115. The number of para-hydroxylation sites is 2. The average molecular weight is 410 g/mol. The lowest BCUT2D eigenvalue weighted by atomic mass is 10.0. The van der Waals surface area contributed by atoms with E-state index >= 15 is 0 Å². The SMILES string of the molecule is COc1cccc([C@H]2S[C@H](C)C(=O)Nc3c2c(C)nn3-c2ccccc2)c1OC. The van der Waals surface area contributed by atoms with Crippen molar-refractivity contribution in [2.75, 3.05) is 19.5 Å². The normalized spacial score (nSPS) is 18.6. The number of benzene rings is 2. The summed E-state index contributed by atoms with van der Waals surface area (Å²) < 4.78 is 13.0. The van der Waals surface area contributed by atoms with Gasteiger partial charge in [0.15, 0.2) is 11.5 Å². The molecule has 0 saturated carbocycles. The van der Waals surface area contributed by atoms with Gasteiger partial charge in [-0.25, -0.2) is 4.68 Å². The molecule has 0 aliphatic carbocycles. The molecule has 1 aromatic heterocycles. The summed E-state index contributed by atoms with van der Waals surface area (Å²) in [4.78, 5) is 12.8. The van der Waals surface area contributed by atoms with Crippen molar-refractivity contribution in [2.45, 2.75) is 24.3 Å². The van der Waals surface area contributed by atoms with Gasteiger partial charge in [0.25, 0.3) is 0 Å². The van der Waals surface area contributed by atoms with Crippen LogP contribution in [0.2, 0.25) is 0 Å². The van der Waals surface area contributed by atoms with Gasteiger partial charge in [0.05, 0.1) is 36.1 Å². The van der Waals surface area contributed by atoms with Crippen LogP contribution in [0, 0.1) is 6.92 Å². The van der Waals surface area contributed by atoms with E-state index in [9.17, 15) is 4.79 Å². The lowest BCUT2D eigenvalue weighted by Crippen LogP contribution is -2.22. The second kappa shape index (κ2) is 7.83. The van der Waals surface area contributed by atoms with E-state index in [0.717, 1.165) is 22.5 Å². The first-order valence-electron chi connectivity index (χ1n) is 9.37. The number of carbonyl (C=O) groups excluding carboxylic acids is 1. The number of carbonyl (C=O) groups is 1. The minimum atomic E-state index is -0.244. The summed E-state index contributed by atoms with van der Waals surface area (Å²) in [5.41, 5.74) is 3.69. The molecule has 0 radical (unpaired) electrons. The molecule has 7 heteroatoms. The Hall–Kier alpha value is -2.93. The molecule has 2 atom stereocenters. The highest BCUT2D eigenvalue weighted by Crippen LogP contribution is 2.50. The minimum absolute atomic E-state index is 0.0438. The van der Waals surface area contributed by atoms with Crippen molar-refractivity contribution < 1.29 is 14.3 Å². The Bertz CT molecular complexity index is 1050. The molecular weight excluding hydrogens is 386 g/mol. The number of nitrogens with one attached hydrogen (secondary N) is 1. The highest BCUT2D eigenvalue weighted by Gasteiger charge is 2.35. The first kappa shape index (κ1) is 19.4. The van der Waals surface area contributed by atoms with E-state index < -0.39 is 0 Å². The predicted octanol–water partition coefficient (Wildman–Crippen LogP) is 4.36. The maximum Gasteiger partial charge on any atom is 0.238 e. The molecule has 2 heterocycles. The molecule has 2 aromatic carbocycles. The zero-order valence-electron chi connectivity index (χ0n) is 16.8. The molecule has 3 aromatic rings. The van der Waals surface area contributed by atoms with Crippen LogP contribution in [0.5, 0.6) is 11.5 Å². The van der Waals surface area contributed by atoms with Gasteiger partial charge in [0.1, 0.15) is 5.82 Å². The van der Waals surface area contributed by atoms with Gasteiger partial charge < -0.3 is 14.8 Å². The number of fused-ring (bicyclic) bond motifs is 1. The van der Waals surface area contributed by atoms with Gasteiger partial charge in [-0.05, 0) is 32.0 Å². The molecule has 1 aliphatic rings. The van der Waals surface area contributed by atoms with Crippen molar-refractivity contribution in [3.8, 4) is 17.2 Å². The molecule has 4 rings (SSSR count). The standard InChI is InChI=1S/C22H23N3O3S/c1-13-18-20(16-11-8-12-17(27-3)19(16)28-4)29-14(2)22(26)23-21(18)25(24-13)15-9-6-5-7-10-15/h5-12,14,20H,1-4H3,(H,23,26)/t14-,20-/m1/s1. The van der Waals surface area contributed by atoms with Crippen LogP contribution in [0.25, 0.3) is 5.69 Å². The Morgan fingerprint density at radius 2 is 1.83 bits per heavy atom. The number of aryl methyl sites for hydroxylation is 1. The molecule has 150 valence electrons. The summed E-state index contributed by atoms with van der Waals surface area (Å²) in [6.07, 6.45) is 0. The third kappa shape index (κ3) is 3.35.